The molecule has 0 atom stereocenters. The Hall–Kier alpha value is -3.31. The summed E-state index contributed by atoms with van der Waals surface area (Å²) in [5.74, 6) is -0.177. The highest BCUT2D eigenvalue weighted by Crippen LogP contribution is 2.25. The normalized spacial score (nSPS) is 11.2. The number of aromatic nitrogens is 2. The molecule has 5 aromatic rings. The molecule has 0 radical (unpaired) electrons. The Morgan fingerprint density at radius 2 is 1.57 bits per heavy atom. The Morgan fingerprint density at radius 1 is 0.786 bits per heavy atom. The quantitative estimate of drug-likeness (QED) is 0.279. The second kappa shape index (κ2) is 6.69. The minimum absolute atomic E-state index is 0.177. The molecule has 1 aromatic heterocycles. The minimum Gasteiger partial charge on any atom is -0.322 e. The molecule has 28 heavy (non-hydrogen) atoms. The van der Waals surface area contributed by atoms with Gasteiger partial charge in [0.2, 0.25) is 0 Å². The van der Waals surface area contributed by atoms with E-state index in [1.807, 2.05) is 54.6 Å². The number of nitrogens with zero attached hydrogens (tertiary/aromatic N) is 2. The molecule has 4 aromatic carbocycles. The molecule has 0 aliphatic carbocycles. The van der Waals surface area contributed by atoms with Gasteiger partial charge in [0, 0.05) is 21.1 Å². The Balaban J connectivity index is 1.59. The van der Waals surface area contributed by atoms with Gasteiger partial charge in [0.1, 0.15) is 0 Å². The monoisotopic (exact) mass is 427 g/mol. The molecule has 0 saturated carbocycles. The van der Waals surface area contributed by atoms with Crippen molar-refractivity contribution >= 4 is 60.4 Å². The molecule has 0 aliphatic heterocycles. The van der Waals surface area contributed by atoms with Crippen LogP contribution in [0.5, 0.6) is 0 Å². The molecular formula is C23H14BrN3O. The Kier molecular flexibility index (Phi) is 4.02. The number of hydrogen-bond donors (Lipinski definition) is 1. The summed E-state index contributed by atoms with van der Waals surface area (Å²) in [6.45, 7) is 0. The molecule has 0 bridgehead atoms. The summed E-state index contributed by atoms with van der Waals surface area (Å²) in [6.07, 6.45) is 0. The molecule has 1 N–H and O–H groups in total. The summed E-state index contributed by atoms with van der Waals surface area (Å²) in [5, 5.41) is 5.08. The van der Waals surface area contributed by atoms with Crippen LogP contribution in [0.1, 0.15) is 10.4 Å². The maximum atomic E-state index is 12.6. The number of halogens is 1. The molecule has 1 heterocycles. The first kappa shape index (κ1) is 16.8. The molecule has 1 amide bonds. The second-order valence-electron chi connectivity index (χ2n) is 6.54. The van der Waals surface area contributed by atoms with Crippen molar-refractivity contribution < 1.29 is 4.79 Å². The lowest BCUT2D eigenvalue weighted by atomic mass is 10.1. The fraction of sp³-hybridized carbons (Fsp3) is 0. The first-order valence-electron chi connectivity index (χ1n) is 8.83. The van der Waals surface area contributed by atoms with Crippen molar-refractivity contribution in [3.63, 3.8) is 0 Å². The highest BCUT2D eigenvalue weighted by molar-refractivity contribution is 9.10. The van der Waals surface area contributed by atoms with Crippen molar-refractivity contribution in [2.24, 2.45) is 0 Å². The van der Waals surface area contributed by atoms with Gasteiger partial charge in [-0.15, -0.1) is 0 Å². The van der Waals surface area contributed by atoms with Crippen LogP contribution < -0.4 is 5.32 Å². The molecule has 4 nitrogen and oxygen atoms in total. The van der Waals surface area contributed by atoms with E-state index in [9.17, 15) is 4.79 Å². The summed E-state index contributed by atoms with van der Waals surface area (Å²) in [4.78, 5) is 22.2. The Bertz CT molecular complexity index is 1360. The average molecular weight is 428 g/mol. The van der Waals surface area contributed by atoms with Gasteiger partial charge in [-0.05, 0) is 53.9 Å². The number of rotatable bonds is 2. The zero-order chi connectivity index (χ0) is 19.1. The van der Waals surface area contributed by atoms with E-state index < -0.39 is 0 Å². The highest BCUT2D eigenvalue weighted by Gasteiger charge is 2.10. The number of nitrogens with one attached hydrogen (secondary N) is 1. The van der Waals surface area contributed by atoms with Crippen molar-refractivity contribution in [3.8, 4) is 0 Å². The van der Waals surface area contributed by atoms with Crippen LogP contribution >= 0.6 is 15.9 Å². The van der Waals surface area contributed by atoms with Crippen LogP contribution in [0.3, 0.4) is 0 Å². The van der Waals surface area contributed by atoms with Crippen LogP contribution in [0, 0.1) is 0 Å². The number of carbonyl (C=O) groups excluding carboxylic acids is 1. The van der Waals surface area contributed by atoms with E-state index >= 15 is 0 Å². The predicted molar refractivity (Wildman–Crippen MR) is 117 cm³/mol. The van der Waals surface area contributed by atoms with Gasteiger partial charge in [-0.2, -0.15) is 0 Å². The highest BCUT2D eigenvalue weighted by atomic mass is 79.9. The third kappa shape index (κ3) is 3.00. The topological polar surface area (TPSA) is 54.9 Å². The molecule has 0 unspecified atom stereocenters. The van der Waals surface area contributed by atoms with Gasteiger partial charge in [0.05, 0.1) is 22.1 Å². The van der Waals surface area contributed by atoms with Gasteiger partial charge < -0.3 is 5.32 Å². The molecular weight excluding hydrogens is 414 g/mol. The molecule has 134 valence electrons. The lowest BCUT2D eigenvalue weighted by molar-refractivity contribution is 0.102. The molecule has 0 aliphatic rings. The summed E-state index contributed by atoms with van der Waals surface area (Å²) >= 11 is 3.39. The van der Waals surface area contributed by atoms with Gasteiger partial charge in [-0.3, -0.25) is 4.79 Å². The predicted octanol–water partition coefficient (Wildman–Crippen LogP) is 5.95. The Morgan fingerprint density at radius 3 is 2.43 bits per heavy atom. The smallest absolute Gasteiger partial charge is 0.255 e. The van der Waals surface area contributed by atoms with Crippen LogP contribution in [0.2, 0.25) is 0 Å². The van der Waals surface area contributed by atoms with Crippen molar-refractivity contribution in [2.45, 2.75) is 0 Å². The standard InChI is InChI=1S/C23H14BrN3O/c24-16-7-9-17(10-8-16)25-23(28)15-6-11-19-21(13-15)27-22-18-4-2-1-3-14(18)5-12-20(22)26-19/h1-13H,(H,25,28). The largest absolute Gasteiger partial charge is 0.322 e. The maximum Gasteiger partial charge on any atom is 0.255 e. The lowest BCUT2D eigenvalue weighted by Crippen LogP contribution is -2.11. The van der Waals surface area contributed by atoms with Gasteiger partial charge >= 0.3 is 0 Å². The number of fused-ring (bicyclic) bond motifs is 4. The number of anilines is 1. The minimum atomic E-state index is -0.177. The van der Waals surface area contributed by atoms with Gasteiger partial charge in [0.25, 0.3) is 5.91 Å². The fourth-order valence-electron chi connectivity index (χ4n) is 3.29. The van der Waals surface area contributed by atoms with Crippen molar-refractivity contribution in [1.29, 1.82) is 0 Å². The van der Waals surface area contributed by atoms with E-state index in [1.54, 1.807) is 12.1 Å². The van der Waals surface area contributed by atoms with Gasteiger partial charge in [-0.25, -0.2) is 9.97 Å². The van der Waals surface area contributed by atoms with Crippen LogP contribution in [0.25, 0.3) is 32.8 Å². The summed E-state index contributed by atoms with van der Waals surface area (Å²) in [6, 6.07) is 25.0. The van der Waals surface area contributed by atoms with E-state index in [-0.39, 0.29) is 5.91 Å². The zero-order valence-electron chi connectivity index (χ0n) is 14.7. The SMILES string of the molecule is O=C(Nc1ccc(Br)cc1)c1ccc2nc3ccc4ccccc4c3nc2c1. The van der Waals surface area contributed by atoms with Crippen LogP contribution in [0.4, 0.5) is 5.69 Å². The van der Waals surface area contributed by atoms with E-state index in [2.05, 4.69) is 33.4 Å². The number of benzene rings is 4. The molecule has 0 spiro atoms. The van der Waals surface area contributed by atoms with E-state index in [1.165, 1.54) is 0 Å². The van der Waals surface area contributed by atoms with Crippen molar-refractivity contribution in [2.75, 3.05) is 5.32 Å². The third-order valence-corrected chi connectivity index (χ3v) is 5.22. The Labute approximate surface area is 169 Å². The van der Waals surface area contributed by atoms with Crippen molar-refractivity contribution in [3.05, 3.63) is 88.9 Å². The lowest BCUT2D eigenvalue weighted by Gasteiger charge is -2.08. The van der Waals surface area contributed by atoms with E-state index in [0.717, 1.165) is 37.5 Å². The van der Waals surface area contributed by atoms with Crippen molar-refractivity contribution in [1.82, 2.24) is 9.97 Å². The fourth-order valence-corrected chi connectivity index (χ4v) is 3.55. The zero-order valence-corrected chi connectivity index (χ0v) is 16.3. The molecule has 5 heteroatoms. The summed E-state index contributed by atoms with van der Waals surface area (Å²) in [7, 11) is 0. The van der Waals surface area contributed by atoms with Gasteiger partial charge in [0.15, 0.2) is 0 Å². The molecule has 0 fully saturated rings. The van der Waals surface area contributed by atoms with Crippen LogP contribution in [0.15, 0.2) is 83.3 Å². The first-order valence-corrected chi connectivity index (χ1v) is 9.63. The number of hydrogen-bond acceptors (Lipinski definition) is 3. The van der Waals surface area contributed by atoms with E-state index in [0.29, 0.717) is 11.1 Å². The molecule has 5 rings (SSSR count). The maximum absolute atomic E-state index is 12.6. The van der Waals surface area contributed by atoms with Crippen LogP contribution in [-0.2, 0) is 0 Å². The average Bonchev–Trinajstić information content (AvgIpc) is 2.73. The number of carbonyl (C=O) groups is 1. The first-order chi connectivity index (χ1) is 13.7. The number of amides is 1. The summed E-state index contributed by atoms with van der Waals surface area (Å²) < 4.78 is 0.964. The molecule has 0 saturated heterocycles. The van der Waals surface area contributed by atoms with Gasteiger partial charge in [-0.1, -0.05) is 46.3 Å². The van der Waals surface area contributed by atoms with Crippen LogP contribution in [-0.4, -0.2) is 15.9 Å². The third-order valence-electron chi connectivity index (χ3n) is 4.69. The summed E-state index contributed by atoms with van der Waals surface area (Å²) in [5.41, 5.74) is 4.44. The second-order valence-corrected chi connectivity index (χ2v) is 7.46. The van der Waals surface area contributed by atoms with E-state index in [4.69, 9.17) is 9.97 Å².